The van der Waals surface area contributed by atoms with Gasteiger partial charge < -0.3 is 10.2 Å². The highest BCUT2D eigenvalue weighted by Crippen LogP contribution is 2.24. The molecule has 21 heavy (non-hydrogen) atoms. The van der Waals surface area contributed by atoms with Crippen molar-refractivity contribution < 1.29 is 4.39 Å². The molecule has 3 nitrogen and oxygen atoms in total. The third kappa shape index (κ3) is 4.76. The van der Waals surface area contributed by atoms with E-state index in [0.717, 1.165) is 22.4 Å². The molecule has 0 aliphatic carbocycles. The topological polar surface area (TPSA) is 28.2 Å². The van der Waals surface area contributed by atoms with E-state index in [2.05, 4.69) is 56.4 Å². The molecule has 0 saturated carbocycles. The average Bonchev–Trinajstić information content (AvgIpc) is 2.81. The number of pyridine rings is 1. The normalized spacial score (nSPS) is 11.1. The number of nitrogens with one attached hydrogen (secondary N) is 1. The van der Waals surface area contributed by atoms with E-state index in [1.54, 1.807) is 17.4 Å². The molecule has 2 aromatic rings. The Morgan fingerprint density at radius 2 is 2.19 bits per heavy atom. The van der Waals surface area contributed by atoms with E-state index < -0.39 is 0 Å². The molecule has 0 radical (unpaired) electrons. The molecule has 0 fully saturated rings. The number of hydrogen-bond donors (Lipinski definition) is 1. The minimum atomic E-state index is -0.299. The zero-order chi connectivity index (χ0) is 15.4. The van der Waals surface area contributed by atoms with Crippen LogP contribution < -0.4 is 10.2 Å². The molecule has 2 heterocycles. The van der Waals surface area contributed by atoms with Crippen molar-refractivity contribution in [3.05, 3.63) is 44.4 Å². The van der Waals surface area contributed by atoms with E-state index in [1.807, 2.05) is 7.05 Å². The Labute approximate surface area is 137 Å². The van der Waals surface area contributed by atoms with Crippen LogP contribution in [0, 0.1) is 5.82 Å². The molecule has 1 N–H and O–H groups in total. The molecule has 114 valence electrons. The maximum Gasteiger partial charge on any atom is 0.141 e. The fourth-order valence-corrected chi connectivity index (χ4v) is 3.51. The highest BCUT2D eigenvalue weighted by molar-refractivity contribution is 9.10. The van der Waals surface area contributed by atoms with Crippen LogP contribution in [0.3, 0.4) is 0 Å². The van der Waals surface area contributed by atoms with Crippen LogP contribution in [0.15, 0.2) is 28.2 Å². The molecule has 0 spiro atoms. The van der Waals surface area contributed by atoms with Crippen LogP contribution in [0.4, 0.5) is 10.2 Å². The summed E-state index contributed by atoms with van der Waals surface area (Å²) < 4.78 is 14.5. The van der Waals surface area contributed by atoms with Gasteiger partial charge in [0.1, 0.15) is 11.6 Å². The summed E-state index contributed by atoms with van der Waals surface area (Å²) in [5.41, 5.74) is 0.877. The second-order valence-corrected chi connectivity index (χ2v) is 7.17. The minimum Gasteiger partial charge on any atom is -0.354 e. The lowest BCUT2D eigenvalue weighted by molar-refractivity contribution is 0.577. The lowest BCUT2D eigenvalue weighted by Crippen LogP contribution is -2.25. The summed E-state index contributed by atoms with van der Waals surface area (Å²) in [6.45, 7) is 5.50. The fraction of sp³-hybridized carbons (Fsp3) is 0.400. The third-order valence-electron chi connectivity index (χ3n) is 2.99. The largest absolute Gasteiger partial charge is 0.354 e. The standard InChI is InChI=1S/C15H19BrFN3S/c1-10(2)18-6-11-4-13(17)7-19-15(11)20(3)8-14-5-12(16)9-21-14/h4-5,7,9-10,18H,6,8H2,1-3H3. The lowest BCUT2D eigenvalue weighted by atomic mass is 10.2. The van der Waals surface area contributed by atoms with E-state index in [-0.39, 0.29) is 5.82 Å². The fourth-order valence-electron chi connectivity index (χ4n) is 2.01. The van der Waals surface area contributed by atoms with Crippen molar-refractivity contribution in [1.82, 2.24) is 10.3 Å². The van der Waals surface area contributed by atoms with Gasteiger partial charge in [-0.3, -0.25) is 0 Å². The van der Waals surface area contributed by atoms with Gasteiger partial charge in [0.2, 0.25) is 0 Å². The van der Waals surface area contributed by atoms with Crippen LogP contribution in [0.5, 0.6) is 0 Å². The zero-order valence-electron chi connectivity index (χ0n) is 12.4. The second-order valence-electron chi connectivity index (χ2n) is 5.26. The van der Waals surface area contributed by atoms with Gasteiger partial charge in [-0.25, -0.2) is 9.37 Å². The molecule has 0 aromatic carbocycles. The molecule has 2 aromatic heterocycles. The SMILES string of the molecule is CC(C)NCc1cc(F)cnc1N(C)Cc1cc(Br)cs1. The Morgan fingerprint density at radius 1 is 1.43 bits per heavy atom. The quantitative estimate of drug-likeness (QED) is 0.825. The summed E-state index contributed by atoms with van der Waals surface area (Å²) in [7, 11) is 1.98. The Morgan fingerprint density at radius 3 is 2.81 bits per heavy atom. The van der Waals surface area contributed by atoms with Gasteiger partial charge in [0.15, 0.2) is 0 Å². The van der Waals surface area contributed by atoms with E-state index in [9.17, 15) is 4.39 Å². The molecule has 6 heteroatoms. The molecule has 0 atom stereocenters. The molecular formula is C15H19BrFN3S. The first-order valence-corrected chi connectivity index (χ1v) is 8.45. The predicted molar refractivity (Wildman–Crippen MR) is 90.3 cm³/mol. The summed E-state index contributed by atoms with van der Waals surface area (Å²) in [5, 5.41) is 5.37. The maximum absolute atomic E-state index is 13.5. The van der Waals surface area contributed by atoms with Gasteiger partial charge in [-0.2, -0.15) is 0 Å². The van der Waals surface area contributed by atoms with E-state index in [1.165, 1.54) is 11.1 Å². The smallest absolute Gasteiger partial charge is 0.141 e. The van der Waals surface area contributed by atoms with E-state index in [0.29, 0.717) is 12.6 Å². The Balaban J connectivity index is 2.16. The van der Waals surface area contributed by atoms with Gasteiger partial charge in [0, 0.05) is 39.9 Å². The molecule has 2 rings (SSSR count). The lowest BCUT2D eigenvalue weighted by Gasteiger charge is -2.21. The summed E-state index contributed by atoms with van der Waals surface area (Å²) in [4.78, 5) is 7.55. The number of hydrogen-bond acceptors (Lipinski definition) is 4. The number of anilines is 1. The van der Waals surface area contributed by atoms with Gasteiger partial charge in [-0.15, -0.1) is 11.3 Å². The molecule has 0 saturated heterocycles. The molecule has 0 bridgehead atoms. The minimum absolute atomic E-state index is 0.299. The number of thiophene rings is 1. The zero-order valence-corrected chi connectivity index (χ0v) is 14.8. The van der Waals surface area contributed by atoms with Crippen molar-refractivity contribution in [2.75, 3.05) is 11.9 Å². The van der Waals surface area contributed by atoms with Gasteiger partial charge in [-0.05, 0) is 28.1 Å². The average molecular weight is 372 g/mol. The first-order valence-electron chi connectivity index (χ1n) is 6.77. The van der Waals surface area contributed by atoms with Crippen molar-refractivity contribution in [3.8, 4) is 0 Å². The van der Waals surface area contributed by atoms with Crippen molar-refractivity contribution in [2.24, 2.45) is 0 Å². The molecule has 0 unspecified atom stereocenters. The van der Waals surface area contributed by atoms with E-state index >= 15 is 0 Å². The van der Waals surface area contributed by atoms with Crippen LogP contribution in [0.1, 0.15) is 24.3 Å². The van der Waals surface area contributed by atoms with Gasteiger partial charge in [-0.1, -0.05) is 13.8 Å². The van der Waals surface area contributed by atoms with Crippen LogP contribution in [-0.4, -0.2) is 18.1 Å². The number of rotatable bonds is 6. The van der Waals surface area contributed by atoms with Crippen LogP contribution in [0.25, 0.3) is 0 Å². The summed E-state index contributed by atoms with van der Waals surface area (Å²) in [5.74, 6) is 0.514. The van der Waals surface area contributed by atoms with Gasteiger partial charge in [0.25, 0.3) is 0 Å². The van der Waals surface area contributed by atoms with Crippen molar-refractivity contribution in [3.63, 3.8) is 0 Å². The van der Waals surface area contributed by atoms with Crippen molar-refractivity contribution in [2.45, 2.75) is 33.0 Å². The molecular weight excluding hydrogens is 353 g/mol. The number of nitrogens with zero attached hydrogens (tertiary/aromatic N) is 2. The molecule has 0 aliphatic rings. The Bertz CT molecular complexity index is 600. The first kappa shape index (κ1) is 16.4. The maximum atomic E-state index is 13.5. The first-order chi connectivity index (χ1) is 9.95. The van der Waals surface area contributed by atoms with Crippen molar-refractivity contribution in [1.29, 1.82) is 0 Å². The second kappa shape index (κ2) is 7.33. The van der Waals surface area contributed by atoms with Crippen LogP contribution in [-0.2, 0) is 13.1 Å². The number of halogens is 2. The van der Waals surface area contributed by atoms with Gasteiger partial charge in [0.05, 0.1) is 12.7 Å². The predicted octanol–water partition coefficient (Wildman–Crippen LogP) is 4.18. The van der Waals surface area contributed by atoms with Crippen LogP contribution in [0.2, 0.25) is 0 Å². The highest BCUT2D eigenvalue weighted by atomic mass is 79.9. The monoisotopic (exact) mass is 371 g/mol. The molecule has 0 aliphatic heterocycles. The summed E-state index contributed by atoms with van der Waals surface area (Å²) in [6.07, 6.45) is 1.27. The van der Waals surface area contributed by atoms with Crippen LogP contribution >= 0.6 is 27.3 Å². The number of aromatic nitrogens is 1. The third-order valence-corrected chi connectivity index (χ3v) is 4.67. The molecule has 0 amide bonds. The summed E-state index contributed by atoms with van der Waals surface area (Å²) in [6, 6.07) is 4.00. The summed E-state index contributed by atoms with van der Waals surface area (Å²) >= 11 is 5.15. The van der Waals surface area contributed by atoms with E-state index in [4.69, 9.17) is 0 Å². The Hall–Kier alpha value is -0.980. The Kier molecular flexibility index (Phi) is 5.72. The van der Waals surface area contributed by atoms with Gasteiger partial charge >= 0.3 is 0 Å². The van der Waals surface area contributed by atoms with Crippen molar-refractivity contribution >= 4 is 33.1 Å². The highest BCUT2D eigenvalue weighted by Gasteiger charge is 2.12.